The first-order valence-electron chi connectivity index (χ1n) is 6.50. The van der Waals surface area contributed by atoms with E-state index in [1.165, 1.54) is 18.2 Å². The van der Waals surface area contributed by atoms with E-state index in [1.54, 1.807) is 24.3 Å². The molecule has 0 aliphatic carbocycles. The van der Waals surface area contributed by atoms with Crippen LogP contribution in [0.5, 0.6) is 0 Å². The van der Waals surface area contributed by atoms with E-state index >= 15 is 0 Å². The van der Waals surface area contributed by atoms with E-state index in [0.29, 0.717) is 21.8 Å². The van der Waals surface area contributed by atoms with Crippen molar-refractivity contribution in [3.05, 3.63) is 63.6 Å². The number of nitrogens with one attached hydrogen (secondary N) is 1. The SMILES string of the molecule is O=C(O)Cc1cccc(NS(=O)(=O)Cc2ccc(Cl)c(Cl)c2)c1. The zero-order valence-corrected chi connectivity index (χ0v) is 14.1. The minimum Gasteiger partial charge on any atom is -0.481 e. The van der Waals surface area contributed by atoms with Gasteiger partial charge in [0.2, 0.25) is 10.0 Å². The van der Waals surface area contributed by atoms with Crippen LogP contribution >= 0.6 is 23.2 Å². The average Bonchev–Trinajstić information content (AvgIpc) is 2.41. The minimum atomic E-state index is -3.66. The number of hydrogen-bond acceptors (Lipinski definition) is 3. The fourth-order valence-electron chi connectivity index (χ4n) is 1.98. The first-order chi connectivity index (χ1) is 10.7. The zero-order valence-electron chi connectivity index (χ0n) is 11.8. The van der Waals surface area contributed by atoms with Gasteiger partial charge in [-0.05, 0) is 35.4 Å². The summed E-state index contributed by atoms with van der Waals surface area (Å²) in [6, 6.07) is 10.8. The third-order valence-electron chi connectivity index (χ3n) is 2.90. The molecule has 8 heteroatoms. The lowest BCUT2D eigenvalue weighted by molar-refractivity contribution is -0.136. The van der Waals surface area contributed by atoms with Gasteiger partial charge in [0.1, 0.15) is 0 Å². The second-order valence-corrected chi connectivity index (χ2v) is 7.42. The molecule has 2 N–H and O–H groups in total. The summed E-state index contributed by atoms with van der Waals surface area (Å²) >= 11 is 11.7. The highest BCUT2D eigenvalue weighted by atomic mass is 35.5. The second kappa shape index (κ2) is 7.21. The molecule has 2 aromatic carbocycles. The highest BCUT2D eigenvalue weighted by Crippen LogP contribution is 2.24. The fraction of sp³-hybridized carbons (Fsp3) is 0.133. The first kappa shape index (κ1) is 17.6. The van der Waals surface area contributed by atoms with Crippen LogP contribution in [-0.4, -0.2) is 19.5 Å². The van der Waals surface area contributed by atoms with Gasteiger partial charge in [0.15, 0.2) is 0 Å². The van der Waals surface area contributed by atoms with Crippen molar-refractivity contribution in [3.63, 3.8) is 0 Å². The minimum absolute atomic E-state index is 0.178. The Morgan fingerprint density at radius 2 is 1.78 bits per heavy atom. The lowest BCUT2D eigenvalue weighted by Crippen LogP contribution is -2.15. The number of benzene rings is 2. The third kappa shape index (κ3) is 5.42. The van der Waals surface area contributed by atoms with E-state index in [0.717, 1.165) is 0 Å². The molecule has 0 radical (unpaired) electrons. The summed E-state index contributed by atoms with van der Waals surface area (Å²) in [6.07, 6.45) is -0.178. The van der Waals surface area contributed by atoms with Crippen molar-refractivity contribution >= 4 is 44.9 Å². The van der Waals surface area contributed by atoms with Gasteiger partial charge in [0, 0.05) is 5.69 Å². The normalized spacial score (nSPS) is 11.2. The molecule has 0 amide bonds. The maximum Gasteiger partial charge on any atom is 0.307 e. The van der Waals surface area contributed by atoms with Crippen molar-refractivity contribution in [2.75, 3.05) is 4.72 Å². The Bertz CT molecular complexity index is 837. The summed E-state index contributed by atoms with van der Waals surface area (Å²) in [5.41, 5.74) is 1.31. The molecule has 0 heterocycles. The summed E-state index contributed by atoms with van der Waals surface area (Å²) in [5, 5.41) is 9.40. The molecule has 5 nitrogen and oxygen atoms in total. The van der Waals surface area contributed by atoms with Crippen LogP contribution < -0.4 is 4.72 Å². The molecule has 0 atom stereocenters. The summed E-state index contributed by atoms with van der Waals surface area (Å²) in [6.45, 7) is 0. The summed E-state index contributed by atoms with van der Waals surface area (Å²) in [4.78, 5) is 10.7. The molecule has 0 unspecified atom stereocenters. The van der Waals surface area contributed by atoms with Crippen molar-refractivity contribution in [3.8, 4) is 0 Å². The van der Waals surface area contributed by atoms with Gasteiger partial charge in [0.05, 0.1) is 22.2 Å². The third-order valence-corrected chi connectivity index (χ3v) is 4.90. The van der Waals surface area contributed by atoms with Gasteiger partial charge in [-0.3, -0.25) is 9.52 Å². The van der Waals surface area contributed by atoms with Crippen molar-refractivity contribution in [2.45, 2.75) is 12.2 Å². The Morgan fingerprint density at radius 3 is 2.43 bits per heavy atom. The number of carboxylic acids is 1. The van der Waals surface area contributed by atoms with Crippen LogP contribution in [-0.2, 0) is 27.0 Å². The Labute approximate surface area is 143 Å². The number of anilines is 1. The first-order valence-corrected chi connectivity index (χ1v) is 8.91. The van der Waals surface area contributed by atoms with Gasteiger partial charge in [-0.1, -0.05) is 41.4 Å². The standard InChI is InChI=1S/C15H13Cl2NO4S/c16-13-5-4-11(7-14(13)17)9-23(21,22)18-12-3-1-2-10(6-12)8-15(19)20/h1-7,18H,8-9H2,(H,19,20). The predicted octanol–water partition coefficient (Wildman–Crippen LogP) is 3.56. The van der Waals surface area contributed by atoms with E-state index in [4.69, 9.17) is 28.3 Å². The molecule has 0 fully saturated rings. The zero-order chi connectivity index (χ0) is 17.0. The van der Waals surface area contributed by atoms with Gasteiger partial charge in [-0.15, -0.1) is 0 Å². The number of halogens is 2. The number of rotatable bonds is 6. The largest absolute Gasteiger partial charge is 0.481 e. The highest BCUT2D eigenvalue weighted by Gasteiger charge is 2.13. The molecule has 0 saturated carbocycles. The smallest absolute Gasteiger partial charge is 0.307 e. The van der Waals surface area contributed by atoms with Crippen molar-refractivity contribution in [1.29, 1.82) is 0 Å². The van der Waals surface area contributed by atoms with E-state index in [-0.39, 0.29) is 17.2 Å². The van der Waals surface area contributed by atoms with E-state index < -0.39 is 16.0 Å². The Hall–Kier alpha value is -1.76. The lowest BCUT2D eigenvalue weighted by Gasteiger charge is -2.10. The molecule has 0 spiro atoms. The number of sulfonamides is 1. The van der Waals surface area contributed by atoms with Gasteiger partial charge in [0.25, 0.3) is 0 Å². The van der Waals surface area contributed by atoms with Crippen LogP contribution in [0.4, 0.5) is 5.69 Å². The van der Waals surface area contributed by atoms with Crippen LogP contribution in [0.25, 0.3) is 0 Å². The highest BCUT2D eigenvalue weighted by molar-refractivity contribution is 7.91. The maximum atomic E-state index is 12.2. The van der Waals surface area contributed by atoms with Crippen molar-refractivity contribution in [2.24, 2.45) is 0 Å². The molecule has 0 bridgehead atoms. The molecule has 122 valence electrons. The average molecular weight is 374 g/mol. The Balaban J connectivity index is 2.14. The number of aliphatic carboxylic acids is 1. The summed E-state index contributed by atoms with van der Waals surface area (Å²) in [5.74, 6) is -1.26. The van der Waals surface area contributed by atoms with Crippen LogP contribution in [0, 0.1) is 0 Å². The van der Waals surface area contributed by atoms with Crippen molar-refractivity contribution < 1.29 is 18.3 Å². The summed E-state index contributed by atoms with van der Waals surface area (Å²) < 4.78 is 26.8. The van der Waals surface area contributed by atoms with Gasteiger partial charge >= 0.3 is 5.97 Å². The Kier molecular flexibility index (Phi) is 5.51. The maximum absolute atomic E-state index is 12.2. The number of carbonyl (C=O) groups is 1. The van der Waals surface area contributed by atoms with E-state index in [2.05, 4.69) is 4.72 Å². The van der Waals surface area contributed by atoms with Gasteiger partial charge in [-0.25, -0.2) is 8.42 Å². The van der Waals surface area contributed by atoms with E-state index in [1.807, 2.05) is 0 Å². The monoisotopic (exact) mass is 373 g/mol. The molecule has 0 aromatic heterocycles. The van der Waals surface area contributed by atoms with Gasteiger partial charge < -0.3 is 5.11 Å². The molecule has 0 saturated heterocycles. The molecular weight excluding hydrogens is 361 g/mol. The molecule has 0 aliphatic rings. The second-order valence-electron chi connectivity index (χ2n) is 4.88. The number of carboxylic acid groups (broad SMARTS) is 1. The van der Waals surface area contributed by atoms with E-state index in [9.17, 15) is 13.2 Å². The Morgan fingerprint density at radius 1 is 1.04 bits per heavy atom. The molecule has 23 heavy (non-hydrogen) atoms. The molecule has 2 rings (SSSR count). The molecule has 0 aliphatic heterocycles. The van der Waals surface area contributed by atoms with Crippen molar-refractivity contribution in [1.82, 2.24) is 0 Å². The van der Waals surface area contributed by atoms with Crippen LogP contribution in [0.1, 0.15) is 11.1 Å². The number of hydrogen-bond donors (Lipinski definition) is 2. The predicted molar refractivity (Wildman–Crippen MR) is 90.5 cm³/mol. The molecular formula is C15H13Cl2NO4S. The summed E-state index contributed by atoms with van der Waals surface area (Å²) in [7, 11) is -3.66. The topological polar surface area (TPSA) is 83.5 Å². The quantitative estimate of drug-likeness (QED) is 0.810. The lowest BCUT2D eigenvalue weighted by atomic mass is 10.1. The fourth-order valence-corrected chi connectivity index (χ4v) is 3.48. The van der Waals surface area contributed by atoms with Crippen LogP contribution in [0.15, 0.2) is 42.5 Å². The van der Waals surface area contributed by atoms with Gasteiger partial charge in [-0.2, -0.15) is 0 Å². The van der Waals surface area contributed by atoms with Crippen LogP contribution in [0.2, 0.25) is 10.0 Å². The molecule has 2 aromatic rings. The van der Waals surface area contributed by atoms with Crippen LogP contribution in [0.3, 0.4) is 0 Å².